The van der Waals surface area contributed by atoms with Crippen molar-refractivity contribution in [1.29, 1.82) is 0 Å². The first-order chi connectivity index (χ1) is 10.2. The topological polar surface area (TPSA) is 35.5 Å². The number of piperidine rings is 1. The Labute approximate surface area is 129 Å². The molecular weight excluding hydrogens is 260 g/mol. The minimum Gasteiger partial charge on any atom is -0.394 e. The Balaban J connectivity index is 2.10. The molecular formula is C18H30N2O. The van der Waals surface area contributed by atoms with Crippen LogP contribution in [0.5, 0.6) is 0 Å². The lowest BCUT2D eigenvalue weighted by Gasteiger charge is -2.38. The largest absolute Gasteiger partial charge is 0.394 e. The van der Waals surface area contributed by atoms with Crippen molar-refractivity contribution in [3.05, 3.63) is 35.9 Å². The fourth-order valence-electron chi connectivity index (χ4n) is 3.36. The molecule has 0 saturated carbocycles. The lowest BCUT2D eigenvalue weighted by molar-refractivity contribution is 0.118. The molecule has 0 amide bonds. The average molecular weight is 290 g/mol. The Kier molecular flexibility index (Phi) is 6.22. The minimum atomic E-state index is -0.327. The van der Waals surface area contributed by atoms with Crippen LogP contribution in [0.1, 0.15) is 45.1 Å². The van der Waals surface area contributed by atoms with Crippen molar-refractivity contribution in [3.8, 4) is 0 Å². The van der Waals surface area contributed by atoms with Crippen LogP contribution in [-0.2, 0) is 5.54 Å². The zero-order valence-corrected chi connectivity index (χ0v) is 13.5. The summed E-state index contributed by atoms with van der Waals surface area (Å²) in [6.07, 6.45) is 4.94. The van der Waals surface area contributed by atoms with Crippen LogP contribution < -0.4 is 5.32 Å². The van der Waals surface area contributed by atoms with E-state index in [2.05, 4.69) is 48.3 Å². The number of hydrogen-bond donors (Lipinski definition) is 2. The summed E-state index contributed by atoms with van der Waals surface area (Å²) in [5.74, 6) is 0. The quantitative estimate of drug-likeness (QED) is 0.810. The van der Waals surface area contributed by atoms with E-state index < -0.39 is 0 Å². The van der Waals surface area contributed by atoms with Gasteiger partial charge in [0.2, 0.25) is 0 Å². The van der Waals surface area contributed by atoms with E-state index in [0.717, 1.165) is 13.0 Å². The average Bonchev–Trinajstić information content (AvgIpc) is 2.53. The highest BCUT2D eigenvalue weighted by molar-refractivity contribution is 5.25. The van der Waals surface area contributed by atoms with Gasteiger partial charge in [-0.1, -0.05) is 36.8 Å². The van der Waals surface area contributed by atoms with Crippen molar-refractivity contribution in [3.63, 3.8) is 0 Å². The number of aliphatic hydroxyl groups excluding tert-OH is 1. The van der Waals surface area contributed by atoms with Gasteiger partial charge in [0.15, 0.2) is 0 Å². The minimum absolute atomic E-state index is 0.142. The molecule has 1 heterocycles. The fourth-order valence-corrected chi connectivity index (χ4v) is 3.36. The van der Waals surface area contributed by atoms with Crippen molar-refractivity contribution < 1.29 is 5.11 Å². The van der Waals surface area contributed by atoms with E-state index in [1.54, 1.807) is 0 Å². The molecule has 0 bridgehead atoms. The smallest absolute Gasteiger partial charge is 0.0683 e. The Hall–Kier alpha value is -0.900. The molecule has 0 radical (unpaired) electrons. The first-order valence-electron chi connectivity index (χ1n) is 8.33. The maximum absolute atomic E-state index is 10.1. The standard InChI is InChI=1S/C18H30N2O/c1-16(2)19-18(15-21,17-9-5-3-6-10-17)11-14-20-12-7-4-8-13-20/h3,5-6,9-10,16,19,21H,4,7-8,11-15H2,1-2H3. The summed E-state index contributed by atoms with van der Waals surface area (Å²) in [6, 6.07) is 10.7. The van der Waals surface area contributed by atoms with Crippen LogP contribution in [0.3, 0.4) is 0 Å². The van der Waals surface area contributed by atoms with Gasteiger partial charge in [0.05, 0.1) is 12.1 Å². The van der Waals surface area contributed by atoms with Gasteiger partial charge in [0.25, 0.3) is 0 Å². The molecule has 1 aliphatic rings. The Morgan fingerprint density at radius 1 is 1.14 bits per heavy atom. The molecule has 21 heavy (non-hydrogen) atoms. The number of benzene rings is 1. The van der Waals surface area contributed by atoms with Crippen molar-refractivity contribution >= 4 is 0 Å². The van der Waals surface area contributed by atoms with E-state index in [1.165, 1.54) is 37.9 Å². The molecule has 1 aromatic rings. The second-order valence-electron chi connectivity index (χ2n) is 6.56. The second kappa shape index (κ2) is 7.92. The monoisotopic (exact) mass is 290 g/mol. The summed E-state index contributed by atoms with van der Waals surface area (Å²) in [7, 11) is 0. The van der Waals surface area contributed by atoms with Crippen molar-refractivity contribution in [2.45, 2.75) is 51.1 Å². The van der Waals surface area contributed by atoms with E-state index in [4.69, 9.17) is 0 Å². The number of nitrogens with zero attached hydrogens (tertiary/aromatic N) is 1. The van der Waals surface area contributed by atoms with Gasteiger partial charge < -0.3 is 15.3 Å². The van der Waals surface area contributed by atoms with Crippen LogP contribution >= 0.6 is 0 Å². The number of aliphatic hydroxyl groups is 1. The van der Waals surface area contributed by atoms with Crippen LogP contribution in [-0.4, -0.2) is 42.3 Å². The molecule has 0 spiro atoms. The van der Waals surface area contributed by atoms with Crippen LogP contribution in [0, 0.1) is 0 Å². The summed E-state index contributed by atoms with van der Waals surface area (Å²) < 4.78 is 0. The maximum atomic E-state index is 10.1. The van der Waals surface area contributed by atoms with Gasteiger partial charge in [-0.15, -0.1) is 0 Å². The molecule has 0 aliphatic carbocycles. The van der Waals surface area contributed by atoms with E-state index in [1.807, 2.05) is 6.07 Å². The molecule has 3 heteroatoms. The van der Waals surface area contributed by atoms with Crippen molar-refractivity contribution in [1.82, 2.24) is 10.2 Å². The summed E-state index contributed by atoms with van der Waals surface area (Å²) in [5, 5.41) is 13.7. The molecule has 1 atom stereocenters. The van der Waals surface area contributed by atoms with E-state index in [0.29, 0.717) is 6.04 Å². The first kappa shape index (κ1) is 16.5. The van der Waals surface area contributed by atoms with Gasteiger partial charge in [-0.2, -0.15) is 0 Å². The van der Waals surface area contributed by atoms with Gasteiger partial charge in [-0.05, 0) is 51.8 Å². The van der Waals surface area contributed by atoms with Gasteiger partial charge in [-0.25, -0.2) is 0 Å². The first-order valence-corrected chi connectivity index (χ1v) is 8.33. The molecule has 1 aromatic carbocycles. The summed E-state index contributed by atoms with van der Waals surface area (Å²) in [6.45, 7) is 7.90. The molecule has 3 nitrogen and oxygen atoms in total. The highest BCUT2D eigenvalue weighted by Crippen LogP contribution is 2.26. The Morgan fingerprint density at radius 3 is 2.38 bits per heavy atom. The third kappa shape index (κ3) is 4.53. The fraction of sp³-hybridized carbons (Fsp3) is 0.667. The van der Waals surface area contributed by atoms with Crippen LogP contribution in [0.25, 0.3) is 0 Å². The van der Waals surface area contributed by atoms with E-state index >= 15 is 0 Å². The molecule has 2 rings (SSSR count). The zero-order chi connectivity index (χ0) is 15.1. The molecule has 0 aromatic heterocycles. The zero-order valence-electron chi connectivity index (χ0n) is 13.5. The predicted molar refractivity (Wildman–Crippen MR) is 88.4 cm³/mol. The van der Waals surface area contributed by atoms with Gasteiger partial charge in [0.1, 0.15) is 0 Å². The summed E-state index contributed by atoms with van der Waals surface area (Å²) in [4.78, 5) is 2.54. The third-order valence-corrected chi connectivity index (χ3v) is 4.46. The highest BCUT2D eigenvalue weighted by atomic mass is 16.3. The third-order valence-electron chi connectivity index (χ3n) is 4.46. The molecule has 1 aliphatic heterocycles. The Morgan fingerprint density at radius 2 is 1.81 bits per heavy atom. The van der Waals surface area contributed by atoms with E-state index in [9.17, 15) is 5.11 Å². The lowest BCUT2D eigenvalue weighted by Crippen LogP contribution is -2.51. The maximum Gasteiger partial charge on any atom is 0.0683 e. The molecule has 118 valence electrons. The molecule has 1 fully saturated rings. The van der Waals surface area contributed by atoms with Gasteiger partial charge in [-0.3, -0.25) is 0 Å². The summed E-state index contributed by atoms with van der Waals surface area (Å²) >= 11 is 0. The SMILES string of the molecule is CC(C)NC(CO)(CCN1CCCCC1)c1ccccc1. The van der Waals surface area contributed by atoms with Crippen molar-refractivity contribution in [2.24, 2.45) is 0 Å². The lowest BCUT2D eigenvalue weighted by atomic mass is 9.86. The molecule has 2 N–H and O–H groups in total. The summed E-state index contributed by atoms with van der Waals surface area (Å²) in [5.41, 5.74) is 0.866. The predicted octanol–water partition coefficient (Wildman–Crippen LogP) is 2.75. The van der Waals surface area contributed by atoms with Gasteiger partial charge >= 0.3 is 0 Å². The van der Waals surface area contributed by atoms with Crippen LogP contribution in [0.4, 0.5) is 0 Å². The van der Waals surface area contributed by atoms with Crippen molar-refractivity contribution in [2.75, 3.05) is 26.2 Å². The van der Waals surface area contributed by atoms with Gasteiger partial charge in [0, 0.05) is 12.6 Å². The van der Waals surface area contributed by atoms with Crippen LogP contribution in [0.2, 0.25) is 0 Å². The Bertz CT molecular complexity index is 401. The molecule has 1 saturated heterocycles. The number of likely N-dealkylation sites (tertiary alicyclic amines) is 1. The normalized spacial score (nSPS) is 19.6. The number of rotatable bonds is 7. The molecule has 1 unspecified atom stereocenters. The van der Waals surface area contributed by atoms with Crippen LogP contribution in [0.15, 0.2) is 30.3 Å². The second-order valence-corrected chi connectivity index (χ2v) is 6.56. The number of hydrogen-bond acceptors (Lipinski definition) is 3. The number of nitrogens with one attached hydrogen (secondary N) is 1. The highest BCUT2D eigenvalue weighted by Gasteiger charge is 2.32. The van der Waals surface area contributed by atoms with E-state index in [-0.39, 0.29) is 12.1 Å².